The number of nitrogens with one attached hydrogen (secondary N) is 1. The third-order valence-corrected chi connectivity index (χ3v) is 4.68. The van der Waals surface area contributed by atoms with Crippen LogP contribution in [0.5, 0.6) is 0 Å². The zero-order valence-electron chi connectivity index (χ0n) is 14.7. The first-order valence-corrected chi connectivity index (χ1v) is 8.81. The summed E-state index contributed by atoms with van der Waals surface area (Å²) in [5.74, 6) is 0.428. The maximum absolute atomic E-state index is 12.7. The Morgan fingerprint density at radius 3 is 3.00 bits per heavy atom. The van der Waals surface area contributed by atoms with Crippen molar-refractivity contribution in [3.05, 3.63) is 53.9 Å². The van der Waals surface area contributed by atoms with E-state index in [1.54, 1.807) is 35.0 Å². The van der Waals surface area contributed by atoms with Gasteiger partial charge in [-0.25, -0.2) is 9.50 Å². The number of nitrogens with two attached hydrogens (primary N) is 1. The smallest absolute Gasteiger partial charge is 0.261 e. The molecule has 1 aliphatic rings. The van der Waals surface area contributed by atoms with Gasteiger partial charge in [0, 0.05) is 25.3 Å². The fraction of sp³-hybridized carbons (Fsp3) is 0.263. The molecule has 0 bridgehead atoms. The number of para-hydroxylation sites is 1. The first-order valence-electron chi connectivity index (χ1n) is 8.81. The van der Waals surface area contributed by atoms with Gasteiger partial charge in [-0.1, -0.05) is 12.1 Å². The molecule has 8 heteroatoms. The number of aromatic nitrogens is 3. The zero-order valence-corrected chi connectivity index (χ0v) is 14.7. The summed E-state index contributed by atoms with van der Waals surface area (Å²) in [6, 6.07) is 10.9. The average Bonchev–Trinajstić information content (AvgIpc) is 3.11. The molecule has 136 valence electrons. The predicted molar refractivity (Wildman–Crippen MR) is 102 cm³/mol. The molecule has 1 aromatic carbocycles. The van der Waals surface area contributed by atoms with Gasteiger partial charge in [-0.05, 0) is 31.0 Å². The van der Waals surface area contributed by atoms with Gasteiger partial charge in [0.15, 0.2) is 5.65 Å². The molecule has 3 aromatic rings. The number of nitriles is 1. The summed E-state index contributed by atoms with van der Waals surface area (Å²) in [4.78, 5) is 19.5. The van der Waals surface area contributed by atoms with Crippen LogP contribution in [0, 0.1) is 11.3 Å². The number of fused-ring (bicyclic) bond motifs is 1. The maximum Gasteiger partial charge on any atom is 0.261 e. The van der Waals surface area contributed by atoms with Gasteiger partial charge in [0.25, 0.3) is 5.91 Å². The minimum Gasteiger partial charge on any atom is -0.355 e. The second-order valence-electron chi connectivity index (χ2n) is 6.57. The number of piperidine rings is 1. The number of anilines is 2. The highest BCUT2D eigenvalue weighted by atomic mass is 16.1. The first kappa shape index (κ1) is 17.0. The summed E-state index contributed by atoms with van der Waals surface area (Å²) < 4.78 is 1.57. The van der Waals surface area contributed by atoms with Crippen LogP contribution in [0.3, 0.4) is 0 Å². The van der Waals surface area contributed by atoms with Gasteiger partial charge in [0.2, 0.25) is 0 Å². The number of carbonyl (C=O) groups excluding carboxylic acids is 1. The Labute approximate surface area is 156 Å². The highest BCUT2D eigenvalue weighted by Crippen LogP contribution is 2.21. The summed E-state index contributed by atoms with van der Waals surface area (Å²) in [7, 11) is 0. The van der Waals surface area contributed by atoms with Gasteiger partial charge in [-0.3, -0.25) is 4.79 Å². The summed E-state index contributed by atoms with van der Waals surface area (Å²) in [6.45, 7) is 1.64. The van der Waals surface area contributed by atoms with Crippen LogP contribution in [0.2, 0.25) is 0 Å². The summed E-state index contributed by atoms with van der Waals surface area (Å²) >= 11 is 0. The van der Waals surface area contributed by atoms with Crippen LogP contribution in [0.4, 0.5) is 11.5 Å². The van der Waals surface area contributed by atoms with Crippen molar-refractivity contribution in [3.63, 3.8) is 0 Å². The molecule has 3 N–H and O–H groups in total. The normalized spacial score (nSPS) is 16.9. The van der Waals surface area contributed by atoms with Crippen LogP contribution in [-0.2, 0) is 0 Å². The van der Waals surface area contributed by atoms with Gasteiger partial charge in [-0.15, -0.1) is 0 Å². The van der Waals surface area contributed by atoms with Crippen molar-refractivity contribution in [2.75, 3.05) is 23.3 Å². The third kappa shape index (κ3) is 3.32. The molecule has 3 heterocycles. The number of rotatable bonds is 3. The summed E-state index contributed by atoms with van der Waals surface area (Å²) in [5.41, 5.74) is 7.75. The van der Waals surface area contributed by atoms with Crippen molar-refractivity contribution in [2.45, 2.75) is 18.9 Å². The Hall–Kier alpha value is -3.44. The Morgan fingerprint density at radius 1 is 1.33 bits per heavy atom. The minimum atomic E-state index is -0.354. The van der Waals surface area contributed by atoms with Gasteiger partial charge in [0.1, 0.15) is 17.5 Å². The largest absolute Gasteiger partial charge is 0.355 e. The second kappa shape index (κ2) is 7.05. The molecule has 1 fully saturated rings. The van der Waals surface area contributed by atoms with E-state index in [9.17, 15) is 10.1 Å². The molecule has 0 spiro atoms. The van der Waals surface area contributed by atoms with E-state index in [2.05, 4.69) is 26.4 Å². The minimum absolute atomic E-state index is 0.131. The number of nitrogens with zero attached hydrogens (tertiary/aromatic N) is 5. The van der Waals surface area contributed by atoms with Crippen molar-refractivity contribution in [3.8, 4) is 6.07 Å². The average molecular weight is 361 g/mol. The van der Waals surface area contributed by atoms with E-state index in [-0.39, 0.29) is 11.9 Å². The molecule has 4 rings (SSSR count). The lowest BCUT2D eigenvalue weighted by Crippen LogP contribution is -2.43. The lowest BCUT2D eigenvalue weighted by atomic mass is 10.1. The van der Waals surface area contributed by atoms with Crippen molar-refractivity contribution in [1.82, 2.24) is 14.6 Å². The summed E-state index contributed by atoms with van der Waals surface area (Å²) in [6.07, 6.45) is 5.30. The molecule has 0 aliphatic carbocycles. The van der Waals surface area contributed by atoms with E-state index in [1.807, 2.05) is 6.07 Å². The standard InChI is InChI=1S/C19H19N7O/c20-10-13-4-1-2-6-16(13)23-19(27)15-11-22-26-9-7-17(24-18(15)26)25-8-3-5-14(21)12-25/h1-2,4,6-7,9,11,14H,3,5,8,12,21H2,(H,23,27). The molecule has 8 nitrogen and oxygen atoms in total. The van der Waals surface area contributed by atoms with Crippen LogP contribution in [-0.4, -0.2) is 39.6 Å². The molecule has 1 saturated heterocycles. The third-order valence-electron chi connectivity index (χ3n) is 4.68. The van der Waals surface area contributed by atoms with Crippen LogP contribution in [0.25, 0.3) is 5.65 Å². The molecule has 1 amide bonds. The molecular formula is C19H19N7O. The Kier molecular flexibility index (Phi) is 4.44. The molecule has 1 unspecified atom stereocenters. The van der Waals surface area contributed by atoms with E-state index >= 15 is 0 Å². The molecule has 1 aliphatic heterocycles. The van der Waals surface area contributed by atoms with Gasteiger partial charge >= 0.3 is 0 Å². The van der Waals surface area contributed by atoms with E-state index in [1.165, 1.54) is 6.20 Å². The van der Waals surface area contributed by atoms with E-state index in [0.29, 0.717) is 22.5 Å². The quantitative estimate of drug-likeness (QED) is 0.735. The molecule has 1 atom stereocenters. The van der Waals surface area contributed by atoms with Crippen LogP contribution >= 0.6 is 0 Å². The second-order valence-corrected chi connectivity index (χ2v) is 6.57. The molecular weight excluding hydrogens is 342 g/mol. The topological polar surface area (TPSA) is 112 Å². The molecule has 2 aromatic heterocycles. The number of hydrogen-bond donors (Lipinski definition) is 2. The van der Waals surface area contributed by atoms with Crippen molar-refractivity contribution < 1.29 is 4.79 Å². The molecule has 27 heavy (non-hydrogen) atoms. The zero-order chi connectivity index (χ0) is 18.8. The Morgan fingerprint density at radius 2 is 2.19 bits per heavy atom. The molecule has 0 radical (unpaired) electrons. The van der Waals surface area contributed by atoms with Crippen molar-refractivity contribution >= 4 is 23.1 Å². The SMILES string of the molecule is N#Cc1ccccc1NC(=O)c1cnn2ccc(N3CCCC(N)C3)nc12. The van der Waals surface area contributed by atoms with Crippen molar-refractivity contribution in [2.24, 2.45) is 5.73 Å². The van der Waals surface area contributed by atoms with E-state index < -0.39 is 0 Å². The highest BCUT2D eigenvalue weighted by Gasteiger charge is 2.20. The van der Waals surface area contributed by atoms with Crippen LogP contribution in [0.15, 0.2) is 42.7 Å². The number of amides is 1. The predicted octanol–water partition coefficient (Wildman–Crippen LogP) is 1.78. The monoisotopic (exact) mass is 361 g/mol. The summed E-state index contributed by atoms with van der Waals surface area (Å²) in [5, 5.41) is 16.2. The lowest BCUT2D eigenvalue weighted by molar-refractivity contribution is 0.102. The number of benzene rings is 1. The van der Waals surface area contributed by atoms with Gasteiger partial charge in [-0.2, -0.15) is 10.4 Å². The number of carbonyl (C=O) groups is 1. The van der Waals surface area contributed by atoms with Crippen LogP contribution < -0.4 is 16.0 Å². The fourth-order valence-electron chi connectivity index (χ4n) is 3.29. The van der Waals surface area contributed by atoms with Gasteiger partial charge < -0.3 is 16.0 Å². The number of hydrogen-bond acceptors (Lipinski definition) is 6. The Balaban J connectivity index is 1.64. The van der Waals surface area contributed by atoms with E-state index in [0.717, 1.165) is 31.7 Å². The molecule has 0 saturated carbocycles. The lowest BCUT2D eigenvalue weighted by Gasteiger charge is -2.31. The van der Waals surface area contributed by atoms with Gasteiger partial charge in [0.05, 0.1) is 17.4 Å². The van der Waals surface area contributed by atoms with E-state index in [4.69, 9.17) is 5.73 Å². The first-order chi connectivity index (χ1) is 13.2. The maximum atomic E-state index is 12.7. The van der Waals surface area contributed by atoms with Crippen LogP contribution in [0.1, 0.15) is 28.8 Å². The van der Waals surface area contributed by atoms with Crippen molar-refractivity contribution in [1.29, 1.82) is 5.26 Å². The highest BCUT2D eigenvalue weighted by molar-refractivity contribution is 6.08. The fourth-order valence-corrected chi connectivity index (χ4v) is 3.29. The Bertz CT molecular complexity index is 1040.